The molecule has 2 aromatic rings. The fraction of sp³-hybridized carbons (Fsp3) is 0.455. The fourth-order valence-electron chi connectivity index (χ4n) is 4.72. The lowest BCUT2D eigenvalue weighted by Crippen LogP contribution is -2.52. The van der Waals surface area contributed by atoms with Crippen molar-refractivity contribution in [1.82, 2.24) is 9.88 Å². The molecule has 2 atom stereocenters. The Morgan fingerprint density at radius 2 is 1.75 bits per heavy atom. The summed E-state index contributed by atoms with van der Waals surface area (Å²) in [4.78, 5) is 18.8. The molecule has 1 aromatic carbocycles. The van der Waals surface area contributed by atoms with Crippen molar-refractivity contribution in [3.8, 4) is 0 Å². The van der Waals surface area contributed by atoms with Crippen LogP contribution in [0.3, 0.4) is 0 Å². The first kappa shape index (κ1) is 19.1. The van der Waals surface area contributed by atoms with Crippen LogP contribution in [0.1, 0.15) is 53.7 Å². The van der Waals surface area contributed by atoms with Gasteiger partial charge in [-0.1, -0.05) is 36.8 Å². The zero-order valence-corrected chi connectivity index (χ0v) is 15.5. The maximum Gasteiger partial charge on any atom is 0.433 e. The highest BCUT2D eigenvalue weighted by atomic mass is 19.4. The molecule has 2 aliphatic heterocycles. The quantitative estimate of drug-likeness (QED) is 0.682. The van der Waals surface area contributed by atoms with Crippen molar-refractivity contribution in [2.24, 2.45) is 5.92 Å². The van der Waals surface area contributed by atoms with Crippen LogP contribution >= 0.6 is 0 Å². The molecule has 0 N–H and O–H groups in total. The van der Waals surface area contributed by atoms with Gasteiger partial charge in [0.2, 0.25) is 0 Å². The molecule has 0 spiro atoms. The number of alkyl halides is 3. The van der Waals surface area contributed by atoms with Crippen LogP contribution in [-0.2, 0) is 12.7 Å². The Balaban J connectivity index is 1.50. The highest BCUT2D eigenvalue weighted by Crippen LogP contribution is 2.39. The Labute approximate surface area is 162 Å². The molecular formula is C22H23F3N2O. The monoisotopic (exact) mass is 388 g/mol. The van der Waals surface area contributed by atoms with Crippen LogP contribution in [-0.4, -0.2) is 27.8 Å². The lowest BCUT2D eigenvalue weighted by atomic mass is 9.75. The van der Waals surface area contributed by atoms with E-state index >= 15 is 0 Å². The van der Waals surface area contributed by atoms with Gasteiger partial charge in [-0.3, -0.25) is 14.7 Å². The summed E-state index contributed by atoms with van der Waals surface area (Å²) in [5.74, 6) is -0.394. The van der Waals surface area contributed by atoms with Crippen LogP contribution in [0.5, 0.6) is 0 Å². The minimum atomic E-state index is -4.54. The molecule has 2 saturated heterocycles. The standard InChI is InChI=1S/C22H23F3N2O/c23-22(24,25)20-13-16(9-10-26-20)21(28)17-11-18-7-4-8-19(12-17)27(18)14-15-5-2-1-3-6-15/h1-3,5-6,9-10,13,17-19H,4,7-8,11-12,14H2. The molecule has 4 rings (SSSR count). The van der Waals surface area contributed by atoms with Crippen molar-refractivity contribution < 1.29 is 18.0 Å². The molecule has 2 aliphatic rings. The second-order valence-electron chi connectivity index (χ2n) is 7.86. The molecular weight excluding hydrogens is 365 g/mol. The number of nitrogens with zero attached hydrogens (tertiary/aromatic N) is 2. The van der Waals surface area contributed by atoms with Gasteiger partial charge < -0.3 is 0 Å². The van der Waals surface area contributed by atoms with Crippen LogP contribution in [0, 0.1) is 5.92 Å². The SMILES string of the molecule is O=C(c1ccnc(C(F)(F)F)c1)C1CC2CCCC(C1)N2Cc1ccccc1. The van der Waals surface area contributed by atoms with E-state index in [0.29, 0.717) is 24.9 Å². The Hall–Kier alpha value is -2.21. The summed E-state index contributed by atoms with van der Waals surface area (Å²) < 4.78 is 38.8. The smallest absolute Gasteiger partial charge is 0.294 e. The number of halogens is 3. The van der Waals surface area contributed by atoms with Gasteiger partial charge in [0.15, 0.2) is 5.78 Å². The van der Waals surface area contributed by atoms with Crippen molar-refractivity contribution in [2.45, 2.75) is 56.9 Å². The van der Waals surface area contributed by atoms with Gasteiger partial charge in [-0.05, 0) is 43.4 Å². The second kappa shape index (κ2) is 7.66. The van der Waals surface area contributed by atoms with E-state index in [1.165, 1.54) is 11.6 Å². The summed E-state index contributed by atoms with van der Waals surface area (Å²) in [6.45, 7) is 0.866. The third-order valence-corrected chi connectivity index (χ3v) is 6.04. The number of pyridine rings is 1. The first-order chi connectivity index (χ1) is 13.4. The van der Waals surface area contributed by atoms with Crippen molar-refractivity contribution in [3.05, 3.63) is 65.5 Å². The number of hydrogen-bond donors (Lipinski definition) is 0. The molecule has 28 heavy (non-hydrogen) atoms. The van der Waals surface area contributed by atoms with Gasteiger partial charge >= 0.3 is 6.18 Å². The van der Waals surface area contributed by atoms with Crippen LogP contribution in [0.4, 0.5) is 13.2 Å². The molecule has 6 heteroatoms. The van der Waals surface area contributed by atoms with Crippen LogP contribution in [0.25, 0.3) is 0 Å². The van der Waals surface area contributed by atoms with E-state index in [1.807, 2.05) is 18.2 Å². The van der Waals surface area contributed by atoms with Gasteiger partial charge in [-0.15, -0.1) is 0 Å². The van der Waals surface area contributed by atoms with E-state index in [1.54, 1.807) is 0 Å². The molecule has 0 amide bonds. The first-order valence-corrected chi connectivity index (χ1v) is 9.79. The Kier molecular flexibility index (Phi) is 5.23. The third-order valence-electron chi connectivity index (χ3n) is 6.04. The normalized spacial score (nSPS) is 25.5. The molecule has 2 bridgehead atoms. The summed E-state index contributed by atoms with van der Waals surface area (Å²) in [6, 6.07) is 13.2. The first-order valence-electron chi connectivity index (χ1n) is 9.79. The van der Waals surface area contributed by atoms with Gasteiger partial charge in [0.25, 0.3) is 0 Å². The van der Waals surface area contributed by atoms with Gasteiger partial charge in [0.05, 0.1) is 0 Å². The molecule has 2 unspecified atom stereocenters. The number of fused-ring (bicyclic) bond motifs is 2. The topological polar surface area (TPSA) is 33.2 Å². The van der Waals surface area contributed by atoms with E-state index < -0.39 is 11.9 Å². The number of Topliss-reactive ketones (excluding diaryl/α,β-unsaturated/α-hetero) is 1. The van der Waals surface area contributed by atoms with E-state index in [2.05, 4.69) is 22.0 Å². The molecule has 3 nitrogen and oxygen atoms in total. The highest BCUT2D eigenvalue weighted by molar-refractivity contribution is 5.98. The number of carbonyl (C=O) groups is 1. The zero-order chi connectivity index (χ0) is 19.7. The predicted molar refractivity (Wildman–Crippen MR) is 99.7 cm³/mol. The lowest BCUT2D eigenvalue weighted by molar-refractivity contribution is -0.141. The van der Waals surface area contributed by atoms with Gasteiger partial charge in [-0.25, -0.2) is 0 Å². The van der Waals surface area contributed by atoms with Gasteiger partial charge in [0.1, 0.15) is 5.69 Å². The predicted octanol–water partition coefficient (Wildman–Crippen LogP) is 5.12. The van der Waals surface area contributed by atoms with Crippen LogP contribution in [0.15, 0.2) is 48.7 Å². The average molecular weight is 388 g/mol. The van der Waals surface area contributed by atoms with Crippen LogP contribution < -0.4 is 0 Å². The maximum atomic E-state index is 13.0. The summed E-state index contributed by atoms with van der Waals surface area (Å²) in [5, 5.41) is 0. The van der Waals surface area contributed by atoms with E-state index in [-0.39, 0.29) is 17.3 Å². The summed E-state index contributed by atoms with van der Waals surface area (Å²) >= 11 is 0. The second-order valence-corrected chi connectivity index (χ2v) is 7.86. The third kappa shape index (κ3) is 3.97. The molecule has 148 valence electrons. The minimum absolute atomic E-state index is 0.127. The van der Waals surface area contributed by atoms with Gasteiger partial charge in [0, 0.05) is 36.3 Å². The molecule has 1 aromatic heterocycles. The molecule has 0 saturated carbocycles. The summed E-state index contributed by atoms with van der Waals surface area (Å²) in [6.07, 6.45) is 1.20. The van der Waals surface area contributed by atoms with E-state index in [4.69, 9.17) is 0 Å². The summed E-state index contributed by atoms with van der Waals surface area (Å²) in [5.41, 5.74) is 0.384. The lowest BCUT2D eigenvalue weighted by Gasteiger charge is -2.48. The Morgan fingerprint density at radius 1 is 1.07 bits per heavy atom. The molecule has 3 heterocycles. The number of hydrogen-bond acceptors (Lipinski definition) is 3. The van der Waals surface area contributed by atoms with Crippen molar-refractivity contribution in [1.29, 1.82) is 0 Å². The number of benzene rings is 1. The molecule has 0 aliphatic carbocycles. The number of carbonyl (C=O) groups excluding carboxylic acids is 1. The Bertz CT molecular complexity index is 823. The van der Waals surface area contributed by atoms with Crippen LogP contribution in [0.2, 0.25) is 0 Å². The van der Waals surface area contributed by atoms with Crippen molar-refractivity contribution in [2.75, 3.05) is 0 Å². The minimum Gasteiger partial charge on any atom is -0.294 e. The van der Waals surface area contributed by atoms with E-state index in [9.17, 15) is 18.0 Å². The number of aromatic nitrogens is 1. The highest BCUT2D eigenvalue weighted by Gasteiger charge is 2.41. The fourth-order valence-corrected chi connectivity index (χ4v) is 4.72. The maximum absolute atomic E-state index is 13.0. The molecule has 0 radical (unpaired) electrons. The largest absolute Gasteiger partial charge is 0.433 e. The molecule has 2 fully saturated rings. The number of piperidine rings is 2. The van der Waals surface area contributed by atoms with Gasteiger partial charge in [-0.2, -0.15) is 13.2 Å². The van der Waals surface area contributed by atoms with E-state index in [0.717, 1.165) is 38.1 Å². The average Bonchev–Trinajstić information content (AvgIpc) is 2.67. The van der Waals surface area contributed by atoms with Crippen molar-refractivity contribution >= 4 is 5.78 Å². The summed E-state index contributed by atoms with van der Waals surface area (Å²) in [7, 11) is 0. The van der Waals surface area contributed by atoms with Crippen molar-refractivity contribution in [3.63, 3.8) is 0 Å². The number of ketones is 1. The number of rotatable bonds is 4. The Morgan fingerprint density at radius 3 is 2.39 bits per heavy atom. The zero-order valence-electron chi connectivity index (χ0n) is 15.5.